The van der Waals surface area contributed by atoms with Crippen LogP contribution < -0.4 is 5.32 Å². The predicted molar refractivity (Wildman–Crippen MR) is 57.3 cm³/mol. The zero-order valence-corrected chi connectivity index (χ0v) is 9.23. The summed E-state index contributed by atoms with van der Waals surface area (Å²) < 4.78 is 4.82. The maximum absolute atomic E-state index is 11.5. The first-order valence-corrected chi connectivity index (χ1v) is 4.71. The molecule has 0 rings (SSSR count). The molecule has 2 amide bonds. The number of ether oxygens (including phenoxy) is 1. The summed E-state index contributed by atoms with van der Waals surface area (Å²) in [7, 11) is 1.51. The summed E-state index contributed by atoms with van der Waals surface area (Å²) >= 11 is 0. The van der Waals surface area contributed by atoms with Crippen LogP contribution >= 0.6 is 0 Å². The van der Waals surface area contributed by atoms with Crippen molar-refractivity contribution in [2.75, 3.05) is 33.4 Å². The number of amides is 2. The summed E-state index contributed by atoms with van der Waals surface area (Å²) in [5, 5.41) is 10.4. The van der Waals surface area contributed by atoms with Gasteiger partial charge in [-0.2, -0.15) is 5.26 Å². The monoisotopic (exact) mass is 225 g/mol. The van der Waals surface area contributed by atoms with E-state index >= 15 is 0 Å². The minimum absolute atomic E-state index is 0.184. The van der Waals surface area contributed by atoms with Crippen LogP contribution in [0.5, 0.6) is 0 Å². The first-order chi connectivity index (χ1) is 7.67. The smallest absolute Gasteiger partial charge is 0.312 e. The minimum Gasteiger partial charge on any atom is -0.383 e. The predicted octanol–water partition coefficient (Wildman–Crippen LogP) is -0.713. The summed E-state index contributed by atoms with van der Waals surface area (Å²) in [6.45, 7) is 4.22. The maximum atomic E-state index is 11.5. The third kappa shape index (κ3) is 5.12. The maximum Gasteiger partial charge on any atom is 0.312 e. The van der Waals surface area contributed by atoms with Crippen molar-refractivity contribution in [1.29, 1.82) is 5.26 Å². The number of nitriles is 1. The molecule has 0 saturated heterocycles. The Morgan fingerprint density at radius 1 is 1.62 bits per heavy atom. The van der Waals surface area contributed by atoms with Gasteiger partial charge >= 0.3 is 11.8 Å². The summed E-state index contributed by atoms with van der Waals surface area (Å²) in [6.07, 6.45) is 1.52. The second-order valence-corrected chi connectivity index (χ2v) is 2.87. The zero-order valence-electron chi connectivity index (χ0n) is 9.23. The van der Waals surface area contributed by atoms with E-state index in [0.717, 1.165) is 0 Å². The van der Waals surface area contributed by atoms with E-state index in [-0.39, 0.29) is 13.1 Å². The number of hydrogen-bond acceptors (Lipinski definition) is 4. The van der Waals surface area contributed by atoms with Gasteiger partial charge in [0.15, 0.2) is 0 Å². The van der Waals surface area contributed by atoms with Crippen LogP contribution in [0.25, 0.3) is 0 Å². The number of carbonyl (C=O) groups excluding carboxylic acids is 2. The van der Waals surface area contributed by atoms with E-state index in [0.29, 0.717) is 13.2 Å². The number of nitrogens with zero attached hydrogens (tertiary/aromatic N) is 2. The van der Waals surface area contributed by atoms with Gasteiger partial charge in [-0.1, -0.05) is 6.08 Å². The van der Waals surface area contributed by atoms with Gasteiger partial charge in [-0.15, -0.1) is 6.58 Å². The van der Waals surface area contributed by atoms with Crippen LogP contribution in [0, 0.1) is 11.3 Å². The van der Waals surface area contributed by atoms with Crippen LogP contribution in [0.2, 0.25) is 0 Å². The fraction of sp³-hybridized carbons (Fsp3) is 0.500. The second-order valence-electron chi connectivity index (χ2n) is 2.87. The Kier molecular flexibility index (Phi) is 7.45. The molecule has 0 aliphatic carbocycles. The molecule has 0 heterocycles. The highest BCUT2D eigenvalue weighted by molar-refractivity contribution is 6.35. The van der Waals surface area contributed by atoms with E-state index in [1.807, 2.05) is 0 Å². The van der Waals surface area contributed by atoms with Gasteiger partial charge in [0, 0.05) is 20.2 Å². The molecule has 6 heteroatoms. The van der Waals surface area contributed by atoms with E-state index in [2.05, 4.69) is 11.9 Å². The Hall–Kier alpha value is -1.87. The van der Waals surface area contributed by atoms with Gasteiger partial charge in [-0.05, 0) is 0 Å². The highest BCUT2D eigenvalue weighted by Gasteiger charge is 2.19. The van der Waals surface area contributed by atoms with Crippen molar-refractivity contribution >= 4 is 11.8 Å². The van der Waals surface area contributed by atoms with Gasteiger partial charge in [0.05, 0.1) is 12.7 Å². The van der Waals surface area contributed by atoms with Crippen LogP contribution in [0.3, 0.4) is 0 Å². The van der Waals surface area contributed by atoms with Crippen molar-refractivity contribution < 1.29 is 14.3 Å². The average Bonchev–Trinajstić information content (AvgIpc) is 2.30. The minimum atomic E-state index is -0.792. The molecule has 0 aromatic heterocycles. The average molecular weight is 225 g/mol. The Balaban J connectivity index is 4.30. The molecule has 0 aromatic carbocycles. The molecule has 0 aliphatic rings. The van der Waals surface area contributed by atoms with E-state index in [1.54, 1.807) is 6.07 Å². The SMILES string of the molecule is C=CCN(CCOC)C(=O)C(=O)NCC#N. The highest BCUT2D eigenvalue weighted by Crippen LogP contribution is 1.91. The Labute approximate surface area is 94.5 Å². The van der Waals surface area contributed by atoms with Crippen molar-refractivity contribution in [2.24, 2.45) is 0 Å². The first kappa shape index (κ1) is 14.1. The van der Waals surface area contributed by atoms with Crippen LogP contribution in [0.1, 0.15) is 0 Å². The topological polar surface area (TPSA) is 82.4 Å². The molecule has 16 heavy (non-hydrogen) atoms. The number of nitrogens with one attached hydrogen (secondary N) is 1. The van der Waals surface area contributed by atoms with E-state index in [9.17, 15) is 9.59 Å². The molecular weight excluding hydrogens is 210 g/mol. The molecule has 0 atom stereocenters. The fourth-order valence-electron chi connectivity index (χ4n) is 0.972. The van der Waals surface area contributed by atoms with Crippen molar-refractivity contribution in [3.63, 3.8) is 0 Å². The lowest BCUT2D eigenvalue weighted by Crippen LogP contribution is -2.44. The zero-order chi connectivity index (χ0) is 12.4. The van der Waals surface area contributed by atoms with Gasteiger partial charge in [0.2, 0.25) is 0 Å². The van der Waals surface area contributed by atoms with Crippen molar-refractivity contribution in [3.8, 4) is 6.07 Å². The largest absolute Gasteiger partial charge is 0.383 e. The molecule has 0 unspecified atom stereocenters. The van der Waals surface area contributed by atoms with Crippen LogP contribution in [0.15, 0.2) is 12.7 Å². The second kappa shape index (κ2) is 8.44. The van der Waals surface area contributed by atoms with Crippen LogP contribution in [-0.4, -0.2) is 50.1 Å². The molecule has 0 saturated carbocycles. The molecular formula is C10H15N3O3. The van der Waals surface area contributed by atoms with Crippen molar-refractivity contribution in [3.05, 3.63) is 12.7 Å². The third-order valence-electron chi connectivity index (χ3n) is 1.72. The molecule has 0 aliphatic heterocycles. The number of hydrogen-bond donors (Lipinski definition) is 1. The highest BCUT2D eigenvalue weighted by atomic mass is 16.5. The lowest BCUT2D eigenvalue weighted by atomic mass is 10.4. The first-order valence-electron chi connectivity index (χ1n) is 4.71. The molecule has 88 valence electrons. The van der Waals surface area contributed by atoms with Crippen molar-refractivity contribution in [2.45, 2.75) is 0 Å². The van der Waals surface area contributed by atoms with E-state index in [4.69, 9.17) is 10.00 Å². The molecule has 1 N–H and O–H groups in total. The lowest BCUT2D eigenvalue weighted by Gasteiger charge is -2.19. The van der Waals surface area contributed by atoms with E-state index < -0.39 is 11.8 Å². The quantitative estimate of drug-likeness (QED) is 0.367. The van der Waals surface area contributed by atoms with Crippen molar-refractivity contribution in [1.82, 2.24) is 10.2 Å². The molecule has 0 bridgehead atoms. The van der Waals surface area contributed by atoms with Gasteiger partial charge < -0.3 is 15.0 Å². The van der Waals surface area contributed by atoms with Gasteiger partial charge in [-0.3, -0.25) is 9.59 Å². The molecule has 0 radical (unpaired) electrons. The van der Waals surface area contributed by atoms with Crippen LogP contribution in [0.4, 0.5) is 0 Å². The summed E-state index contributed by atoms with van der Waals surface area (Å²) in [4.78, 5) is 24.1. The van der Waals surface area contributed by atoms with Crippen LogP contribution in [-0.2, 0) is 14.3 Å². The van der Waals surface area contributed by atoms with Gasteiger partial charge in [0.1, 0.15) is 6.54 Å². The Bertz CT molecular complexity index is 296. The lowest BCUT2D eigenvalue weighted by molar-refractivity contribution is -0.145. The third-order valence-corrected chi connectivity index (χ3v) is 1.72. The Morgan fingerprint density at radius 3 is 2.81 bits per heavy atom. The summed E-state index contributed by atoms with van der Waals surface area (Å²) in [6, 6.07) is 1.72. The standard InChI is InChI=1S/C10H15N3O3/c1-3-6-13(7-8-16-2)10(15)9(14)12-5-4-11/h3H,1,5-8H2,2H3,(H,12,14). The molecule has 6 nitrogen and oxygen atoms in total. The molecule has 0 spiro atoms. The summed E-state index contributed by atoms with van der Waals surface area (Å²) in [5.74, 6) is -1.48. The fourth-order valence-corrected chi connectivity index (χ4v) is 0.972. The van der Waals surface area contributed by atoms with Gasteiger partial charge in [-0.25, -0.2) is 0 Å². The van der Waals surface area contributed by atoms with Gasteiger partial charge in [0.25, 0.3) is 0 Å². The molecule has 0 fully saturated rings. The number of carbonyl (C=O) groups is 2. The Morgan fingerprint density at radius 2 is 2.31 bits per heavy atom. The molecule has 0 aromatic rings. The number of methoxy groups -OCH3 is 1. The van der Waals surface area contributed by atoms with E-state index in [1.165, 1.54) is 18.1 Å². The number of rotatable bonds is 6. The summed E-state index contributed by atoms with van der Waals surface area (Å²) in [5.41, 5.74) is 0. The normalized spacial score (nSPS) is 9.00.